The fourth-order valence-corrected chi connectivity index (χ4v) is 1.76. The first kappa shape index (κ1) is 9.15. The molecule has 0 unspecified atom stereocenters. The van der Waals surface area contributed by atoms with Crippen LogP contribution in [0.1, 0.15) is 12.7 Å². The van der Waals surface area contributed by atoms with Crippen molar-refractivity contribution in [1.29, 1.82) is 0 Å². The summed E-state index contributed by atoms with van der Waals surface area (Å²) in [5, 5.41) is 5.00. The number of rotatable bonds is 2. The highest BCUT2D eigenvalue weighted by molar-refractivity contribution is 5.93. The van der Waals surface area contributed by atoms with Crippen molar-refractivity contribution in [1.82, 2.24) is 15.1 Å². The maximum atomic E-state index is 5.23. The van der Waals surface area contributed by atoms with E-state index in [2.05, 4.69) is 15.1 Å². The Balaban J connectivity index is 2.18. The molecule has 0 aliphatic rings. The number of nitrogens with one attached hydrogen (secondary N) is 1. The molecule has 0 saturated heterocycles. The van der Waals surface area contributed by atoms with Gasteiger partial charge >= 0.3 is 0 Å². The van der Waals surface area contributed by atoms with E-state index < -0.39 is 0 Å². The molecule has 0 radical (unpaired) electrons. The van der Waals surface area contributed by atoms with Crippen LogP contribution in [0.3, 0.4) is 0 Å². The van der Waals surface area contributed by atoms with Gasteiger partial charge in [-0.1, -0.05) is 30.3 Å². The lowest BCUT2D eigenvalue weighted by molar-refractivity contribution is 0.423. The van der Waals surface area contributed by atoms with Gasteiger partial charge in [0.05, 0.1) is 5.56 Å². The molecule has 0 saturated carbocycles. The van der Waals surface area contributed by atoms with Crippen LogP contribution in [-0.4, -0.2) is 15.1 Å². The van der Waals surface area contributed by atoms with Gasteiger partial charge in [-0.15, -0.1) is 0 Å². The van der Waals surface area contributed by atoms with Crippen molar-refractivity contribution in [3.63, 3.8) is 0 Å². The van der Waals surface area contributed by atoms with Crippen molar-refractivity contribution in [2.45, 2.75) is 13.3 Å². The second kappa shape index (κ2) is 3.48. The minimum Gasteiger partial charge on any atom is -0.360 e. The third-order valence-corrected chi connectivity index (χ3v) is 2.60. The Kier molecular flexibility index (Phi) is 1.99. The Bertz CT molecular complexity index is 624. The zero-order valence-electron chi connectivity index (χ0n) is 8.90. The summed E-state index contributed by atoms with van der Waals surface area (Å²) in [7, 11) is 0. The summed E-state index contributed by atoms with van der Waals surface area (Å²) in [6.45, 7) is 2.00. The van der Waals surface area contributed by atoms with Gasteiger partial charge in [0.2, 0.25) is 0 Å². The molecule has 3 aromatic rings. The van der Waals surface area contributed by atoms with Crippen LogP contribution >= 0.6 is 0 Å². The Hall–Kier alpha value is -2.10. The number of fused-ring (bicyclic) bond motifs is 1. The zero-order chi connectivity index (χ0) is 11.0. The molecule has 3 rings (SSSR count). The maximum Gasteiger partial charge on any atom is 0.260 e. The zero-order valence-corrected chi connectivity index (χ0v) is 8.90. The molecule has 0 bridgehead atoms. The van der Waals surface area contributed by atoms with E-state index in [0.29, 0.717) is 5.89 Å². The van der Waals surface area contributed by atoms with E-state index in [1.54, 1.807) is 0 Å². The number of nitrogens with zero attached hydrogens (tertiary/aromatic N) is 2. The minimum atomic E-state index is 0.578. The van der Waals surface area contributed by atoms with Gasteiger partial charge in [0.25, 0.3) is 5.89 Å². The largest absolute Gasteiger partial charge is 0.360 e. The van der Waals surface area contributed by atoms with E-state index in [4.69, 9.17) is 4.52 Å². The van der Waals surface area contributed by atoms with Gasteiger partial charge in [-0.3, -0.25) is 0 Å². The first-order valence-corrected chi connectivity index (χ1v) is 5.27. The molecule has 1 aromatic carbocycles. The number of aromatic nitrogens is 3. The van der Waals surface area contributed by atoms with Crippen LogP contribution in [-0.2, 0) is 6.42 Å². The van der Waals surface area contributed by atoms with Crippen molar-refractivity contribution < 1.29 is 4.52 Å². The van der Waals surface area contributed by atoms with Crippen molar-refractivity contribution in [3.8, 4) is 11.5 Å². The van der Waals surface area contributed by atoms with Crippen LogP contribution in [0, 0.1) is 0 Å². The van der Waals surface area contributed by atoms with Crippen LogP contribution in [0.5, 0.6) is 0 Å². The number of aryl methyl sites for hydroxylation is 1. The summed E-state index contributed by atoms with van der Waals surface area (Å²) in [5.41, 5.74) is 2.04. The first-order chi connectivity index (χ1) is 7.88. The standard InChI is InChI=1S/C12H11N3O/c1-2-11-14-12(16-15-11)9-7-13-10-6-4-3-5-8(9)10/h3-7,13H,2H2,1H3. The predicted molar refractivity (Wildman–Crippen MR) is 61.0 cm³/mol. The van der Waals surface area contributed by atoms with E-state index in [9.17, 15) is 0 Å². The molecule has 0 aliphatic heterocycles. The molecular formula is C12H11N3O. The molecule has 0 fully saturated rings. The van der Waals surface area contributed by atoms with Crippen LogP contribution in [0.15, 0.2) is 35.0 Å². The van der Waals surface area contributed by atoms with Crippen LogP contribution in [0.2, 0.25) is 0 Å². The third-order valence-electron chi connectivity index (χ3n) is 2.60. The Labute approximate surface area is 92.3 Å². The quantitative estimate of drug-likeness (QED) is 0.712. The van der Waals surface area contributed by atoms with Gasteiger partial charge in [-0.2, -0.15) is 4.98 Å². The normalized spacial score (nSPS) is 11.1. The molecule has 4 heteroatoms. The molecule has 0 atom stereocenters. The summed E-state index contributed by atoms with van der Waals surface area (Å²) in [6, 6.07) is 8.05. The lowest BCUT2D eigenvalue weighted by Crippen LogP contribution is -1.81. The Morgan fingerprint density at radius 2 is 2.19 bits per heavy atom. The van der Waals surface area contributed by atoms with E-state index in [1.165, 1.54) is 0 Å². The van der Waals surface area contributed by atoms with E-state index in [0.717, 1.165) is 28.7 Å². The van der Waals surface area contributed by atoms with Crippen LogP contribution in [0.25, 0.3) is 22.4 Å². The molecule has 0 amide bonds. The second-order valence-corrected chi connectivity index (χ2v) is 3.62. The van der Waals surface area contributed by atoms with Crippen LogP contribution in [0.4, 0.5) is 0 Å². The van der Waals surface area contributed by atoms with Gasteiger partial charge in [-0.05, 0) is 6.07 Å². The number of aromatic amines is 1. The number of H-pyrrole nitrogens is 1. The van der Waals surface area contributed by atoms with Gasteiger partial charge in [0.1, 0.15) is 0 Å². The number of hydrogen-bond donors (Lipinski definition) is 1. The number of benzene rings is 1. The molecule has 2 aromatic heterocycles. The lowest BCUT2D eigenvalue weighted by atomic mass is 10.2. The van der Waals surface area contributed by atoms with Gasteiger partial charge < -0.3 is 9.51 Å². The summed E-state index contributed by atoms with van der Waals surface area (Å²) in [5.74, 6) is 1.31. The Morgan fingerprint density at radius 1 is 1.31 bits per heavy atom. The molecule has 16 heavy (non-hydrogen) atoms. The second-order valence-electron chi connectivity index (χ2n) is 3.62. The first-order valence-electron chi connectivity index (χ1n) is 5.27. The van der Waals surface area contributed by atoms with E-state index >= 15 is 0 Å². The summed E-state index contributed by atoms with van der Waals surface area (Å²) in [6.07, 6.45) is 2.68. The molecule has 1 N–H and O–H groups in total. The molecule has 4 nitrogen and oxygen atoms in total. The summed E-state index contributed by atoms with van der Waals surface area (Å²) < 4.78 is 5.23. The fourth-order valence-electron chi connectivity index (χ4n) is 1.76. The molecule has 2 heterocycles. The topological polar surface area (TPSA) is 54.7 Å². The molecule has 0 spiro atoms. The van der Waals surface area contributed by atoms with Crippen molar-refractivity contribution >= 4 is 10.9 Å². The smallest absolute Gasteiger partial charge is 0.260 e. The SMILES string of the molecule is CCc1noc(-c2c[nH]c3ccccc23)n1. The molecule has 80 valence electrons. The average Bonchev–Trinajstić information content (AvgIpc) is 2.94. The highest BCUT2D eigenvalue weighted by Crippen LogP contribution is 2.26. The van der Waals surface area contributed by atoms with Crippen LogP contribution < -0.4 is 0 Å². The average molecular weight is 213 g/mol. The van der Waals surface area contributed by atoms with Gasteiger partial charge in [-0.25, -0.2) is 0 Å². The predicted octanol–water partition coefficient (Wildman–Crippen LogP) is 2.78. The third kappa shape index (κ3) is 1.31. The van der Waals surface area contributed by atoms with Crippen molar-refractivity contribution in [2.24, 2.45) is 0 Å². The fraction of sp³-hybridized carbons (Fsp3) is 0.167. The van der Waals surface area contributed by atoms with Crippen molar-refractivity contribution in [2.75, 3.05) is 0 Å². The summed E-state index contributed by atoms with van der Waals surface area (Å²) in [4.78, 5) is 7.51. The number of para-hydroxylation sites is 1. The van der Waals surface area contributed by atoms with Gasteiger partial charge in [0.15, 0.2) is 5.82 Å². The number of hydrogen-bond acceptors (Lipinski definition) is 3. The highest BCUT2D eigenvalue weighted by Gasteiger charge is 2.11. The van der Waals surface area contributed by atoms with E-state index in [-0.39, 0.29) is 0 Å². The lowest BCUT2D eigenvalue weighted by Gasteiger charge is -1.90. The van der Waals surface area contributed by atoms with Gasteiger partial charge in [0, 0.05) is 23.5 Å². The molecule has 0 aliphatic carbocycles. The minimum absolute atomic E-state index is 0.578. The highest BCUT2D eigenvalue weighted by atomic mass is 16.5. The van der Waals surface area contributed by atoms with E-state index in [1.807, 2.05) is 37.4 Å². The monoisotopic (exact) mass is 213 g/mol. The maximum absolute atomic E-state index is 5.23. The molecular weight excluding hydrogens is 202 g/mol. The summed E-state index contributed by atoms with van der Waals surface area (Å²) >= 11 is 0. The Morgan fingerprint density at radius 3 is 3.00 bits per heavy atom. The van der Waals surface area contributed by atoms with Crippen molar-refractivity contribution in [3.05, 3.63) is 36.3 Å².